The molecule has 25 heavy (non-hydrogen) atoms. The Morgan fingerprint density at radius 1 is 1.08 bits per heavy atom. The second-order valence-corrected chi connectivity index (χ2v) is 5.52. The first kappa shape index (κ1) is 18.8. The van der Waals surface area contributed by atoms with E-state index in [1.165, 1.54) is 0 Å². The number of rotatable bonds is 8. The molecule has 4 N–H and O–H groups in total. The molecule has 2 rings (SSSR count). The number of benzene rings is 1. The van der Waals surface area contributed by atoms with Crippen molar-refractivity contribution < 1.29 is 14.9 Å². The number of nitrogens with one attached hydrogen (secondary N) is 2. The Morgan fingerprint density at radius 3 is 2.28 bits per heavy atom. The third-order valence-corrected chi connectivity index (χ3v) is 3.73. The highest BCUT2D eigenvalue weighted by Gasteiger charge is 2.20. The van der Waals surface area contributed by atoms with E-state index < -0.39 is 0 Å². The number of anilines is 1. The SMILES string of the molecule is CCOC1=CC(=Nc2ccc(N(CCO)CCO)cc2)C(=N)CC1=N. The fourth-order valence-electron chi connectivity index (χ4n) is 2.53. The second-order valence-electron chi connectivity index (χ2n) is 5.52. The first-order valence-corrected chi connectivity index (χ1v) is 8.24. The molecule has 7 heteroatoms. The molecule has 0 saturated heterocycles. The molecule has 0 aliphatic heterocycles. The lowest BCUT2D eigenvalue weighted by Gasteiger charge is -2.23. The molecule has 0 aromatic heterocycles. The molecule has 0 saturated carbocycles. The van der Waals surface area contributed by atoms with Crippen LogP contribution in [0.2, 0.25) is 0 Å². The lowest BCUT2D eigenvalue weighted by atomic mass is 10.00. The predicted octanol–water partition coefficient (Wildman–Crippen LogP) is 1.91. The third kappa shape index (κ3) is 4.98. The number of aliphatic hydroxyl groups excluding tert-OH is 2. The van der Waals surface area contributed by atoms with Gasteiger partial charge in [0.05, 0.1) is 42.6 Å². The molecule has 0 fully saturated rings. The van der Waals surface area contributed by atoms with Crippen LogP contribution >= 0.6 is 0 Å². The fraction of sp³-hybridized carbons (Fsp3) is 0.389. The van der Waals surface area contributed by atoms with Crippen LogP contribution in [0, 0.1) is 10.8 Å². The number of hydrogen-bond acceptors (Lipinski definition) is 7. The van der Waals surface area contributed by atoms with Crippen molar-refractivity contribution in [3.63, 3.8) is 0 Å². The number of ether oxygens (including phenoxy) is 1. The van der Waals surface area contributed by atoms with E-state index in [1.54, 1.807) is 6.08 Å². The van der Waals surface area contributed by atoms with Gasteiger partial charge < -0.3 is 30.7 Å². The number of aliphatic imine (C=N–C) groups is 1. The number of allylic oxidation sites excluding steroid dienone is 2. The summed E-state index contributed by atoms with van der Waals surface area (Å²) in [6, 6.07) is 7.38. The van der Waals surface area contributed by atoms with Crippen molar-refractivity contribution in [3.8, 4) is 0 Å². The summed E-state index contributed by atoms with van der Waals surface area (Å²) < 4.78 is 5.42. The van der Waals surface area contributed by atoms with Gasteiger partial charge in [0, 0.05) is 31.3 Å². The fourth-order valence-corrected chi connectivity index (χ4v) is 2.53. The van der Waals surface area contributed by atoms with Gasteiger partial charge in [-0.2, -0.15) is 0 Å². The summed E-state index contributed by atoms with van der Waals surface area (Å²) in [6.45, 7) is 3.24. The largest absolute Gasteiger partial charge is 0.492 e. The summed E-state index contributed by atoms with van der Waals surface area (Å²) >= 11 is 0. The number of hydrogen-bond donors (Lipinski definition) is 4. The predicted molar refractivity (Wildman–Crippen MR) is 99.7 cm³/mol. The van der Waals surface area contributed by atoms with Gasteiger partial charge in [-0.05, 0) is 31.2 Å². The van der Waals surface area contributed by atoms with Crippen molar-refractivity contribution in [3.05, 3.63) is 36.1 Å². The smallest absolute Gasteiger partial charge is 0.142 e. The van der Waals surface area contributed by atoms with Crippen molar-refractivity contribution in [2.45, 2.75) is 13.3 Å². The van der Waals surface area contributed by atoms with Gasteiger partial charge in [-0.3, -0.25) is 0 Å². The maximum Gasteiger partial charge on any atom is 0.142 e. The normalized spacial score (nSPS) is 16.1. The Bertz CT molecular complexity index is 674. The van der Waals surface area contributed by atoms with Gasteiger partial charge in [-0.1, -0.05) is 0 Å². The van der Waals surface area contributed by atoms with Crippen LogP contribution in [0.3, 0.4) is 0 Å². The zero-order chi connectivity index (χ0) is 18.2. The summed E-state index contributed by atoms with van der Waals surface area (Å²) in [5, 5.41) is 34.1. The Hall–Kier alpha value is -2.51. The number of aliphatic hydroxyl groups is 2. The van der Waals surface area contributed by atoms with Crippen LogP contribution in [0.4, 0.5) is 11.4 Å². The summed E-state index contributed by atoms with van der Waals surface area (Å²) in [5.74, 6) is 0.464. The summed E-state index contributed by atoms with van der Waals surface area (Å²) in [5.41, 5.74) is 2.66. The molecular weight excluding hydrogens is 320 g/mol. The molecule has 0 radical (unpaired) electrons. The quantitative estimate of drug-likeness (QED) is 0.577. The molecule has 134 valence electrons. The van der Waals surface area contributed by atoms with Crippen molar-refractivity contribution in [2.75, 3.05) is 37.8 Å². The monoisotopic (exact) mass is 344 g/mol. The van der Waals surface area contributed by atoms with Crippen molar-refractivity contribution in [1.82, 2.24) is 0 Å². The molecule has 0 spiro atoms. The molecule has 0 bridgehead atoms. The van der Waals surface area contributed by atoms with Crippen LogP contribution in [-0.2, 0) is 4.74 Å². The molecule has 0 unspecified atom stereocenters. The lowest BCUT2D eigenvalue weighted by Crippen LogP contribution is -2.29. The number of nitrogens with zero attached hydrogens (tertiary/aromatic N) is 2. The highest BCUT2D eigenvalue weighted by molar-refractivity contribution is 6.51. The standard InChI is InChI=1S/C18H24N4O3/c1-2-25-18-12-17(15(19)11-16(18)20)21-13-3-5-14(6-4-13)22(7-9-23)8-10-24/h3-6,12,19-20,23-24H,2,7-11H2,1H3. The first-order chi connectivity index (χ1) is 12.1. The molecule has 0 atom stereocenters. The van der Waals surface area contributed by atoms with Gasteiger partial charge in [-0.25, -0.2) is 4.99 Å². The molecule has 7 nitrogen and oxygen atoms in total. The summed E-state index contributed by atoms with van der Waals surface area (Å²) in [4.78, 5) is 6.36. The van der Waals surface area contributed by atoms with Gasteiger partial charge >= 0.3 is 0 Å². The lowest BCUT2D eigenvalue weighted by molar-refractivity contribution is 0.249. The van der Waals surface area contributed by atoms with Crippen LogP contribution in [-0.4, -0.2) is 60.3 Å². The Kier molecular flexibility index (Phi) is 6.85. The van der Waals surface area contributed by atoms with E-state index >= 15 is 0 Å². The topological polar surface area (TPSA) is 113 Å². The Morgan fingerprint density at radius 2 is 1.72 bits per heavy atom. The van der Waals surface area contributed by atoms with Gasteiger partial charge in [-0.15, -0.1) is 0 Å². The summed E-state index contributed by atoms with van der Waals surface area (Å²) in [7, 11) is 0. The third-order valence-electron chi connectivity index (χ3n) is 3.73. The minimum absolute atomic E-state index is 0.0121. The van der Waals surface area contributed by atoms with Crippen LogP contribution in [0.5, 0.6) is 0 Å². The van der Waals surface area contributed by atoms with E-state index in [2.05, 4.69) is 4.99 Å². The van der Waals surface area contributed by atoms with Gasteiger partial charge in [0.1, 0.15) is 5.76 Å². The van der Waals surface area contributed by atoms with E-state index in [9.17, 15) is 0 Å². The zero-order valence-electron chi connectivity index (χ0n) is 14.3. The average Bonchev–Trinajstić information content (AvgIpc) is 2.60. The van der Waals surface area contributed by atoms with Crippen molar-refractivity contribution >= 4 is 28.5 Å². The maximum atomic E-state index is 9.11. The van der Waals surface area contributed by atoms with Crippen molar-refractivity contribution in [1.29, 1.82) is 10.8 Å². The minimum atomic E-state index is 0.0121. The van der Waals surface area contributed by atoms with E-state index in [4.69, 9.17) is 25.8 Å². The average molecular weight is 344 g/mol. The summed E-state index contributed by atoms with van der Waals surface area (Å²) in [6.07, 6.45) is 1.85. The van der Waals surface area contributed by atoms with Crippen molar-refractivity contribution in [2.24, 2.45) is 4.99 Å². The van der Waals surface area contributed by atoms with Gasteiger partial charge in [0.15, 0.2) is 0 Å². The molecule has 0 amide bonds. The van der Waals surface area contributed by atoms with E-state index in [0.717, 1.165) is 5.69 Å². The van der Waals surface area contributed by atoms with E-state index in [0.29, 0.717) is 48.3 Å². The Labute approximate surface area is 147 Å². The molecule has 1 aliphatic carbocycles. The Balaban J connectivity index is 2.22. The van der Waals surface area contributed by atoms with E-state index in [-0.39, 0.29) is 19.6 Å². The maximum absolute atomic E-state index is 9.11. The van der Waals surface area contributed by atoms with Gasteiger partial charge in [0.2, 0.25) is 0 Å². The molecule has 1 aromatic carbocycles. The molecule has 1 aromatic rings. The zero-order valence-corrected chi connectivity index (χ0v) is 14.3. The minimum Gasteiger partial charge on any atom is -0.492 e. The van der Waals surface area contributed by atoms with Gasteiger partial charge in [0.25, 0.3) is 0 Å². The first-order valence-electron chi connectivity index (χ1n) is 8.24. The van der Waals surface area contributed by atoms with Crippen LogP contribution in [0.25, 0.3) is 0 Å². The highest BCUT2D eigenvalue weighted by atomic mass is 16.5. The highest BCUT2D eigenvalue weighted by Crippen LogP contribution is 2.21. The van der Waals surface area contributed by atoms with Crippen LogP contribution in [0.15, 0.2) is 41.1 Å². The van der Waals surface area contributed by atoms with Crippen LogP contribution in [0.1, 0.15) is 13.3 Å². The van der Waals surface area contributed by atoms with Crippen LogP contribution < -0.4 is 4.90 Å². The second kappa shape index (κ2) is 9.10. The molecule has 0 heterocycles. The van der Waals surface area contributed by atoms with E-state index in [1.807, 2.05) is 36.1 Å². The molecule has 1 aliphatic rings. The molecular formula is C18H24N4O3.